The van der Waals surface area contributed by atoms with Crippen molar-refractivity contribution in [1.29, 1.82) is 0 Å². The average Bonchev–Trinajstić information content (AvgIpc) is 2.60. The van der Waals surface area contributed by atoms with E-state index in [2.05, 4.69) is 10.2 Å². The molecule has 8 nitrogen and oxygen atoms in total. The molecule has 0 aliphatic heterocycles. The first-order chi connectivity index (χ1) is 12.3. The Morgan fingerprint density at radius 3 is 2.07 bits per heavy atom. The predicted octanol–water partition coefficient (Wildman–Crippen LogP) is 0.590. The number of rotatable bonds is 4. The molecule has 0 amide bonds. The van der Waals surface area contributed by atoms with E-state index in [1.807, 2.05) is 0 Å². The number of allylic oxidation sites excluding steroid dienone is 2. The van der Waals surface area contributed by atoms with Crippen LogP contribution in [0.1, 0.15) is 29.8 Å². The summed E-state index contributed by atoms with van der Waals surface area (Å²) in [6, 6.07) is 12.2. The van der Waals surface area contributed by atoms with E-state index in [4.69, 9.17) is 0 Å². The second-order valence-corrected chi connectivity index (χ2v) is 5.07. The number of phenols is 1. The minimum Gasteiger partial charge on any atom is -2.00 e. The normalized spacial score (nSPS) is 11.3. The summed E-state index contributed by atoms with van der Waals surface area (Å²) in [4.78, 5) is 10.0. The van der Waals surface area contributed by atoms with Crippen molar-refractivity contribution in [2.75, 3.05) is 0 Å². The van der Waals surface area contributed by atoms with Crippen molar-refractivity contribution in [1.82, 2.24) is 0 Å². The summed E-state index contributed by atoms with van der Waals surface area (Å²) >= 11 is 0. The van der Waals surface area contributed by atoms with Crippen LogP contribution < -0.4 is 15.3 Å². The number of phenolic OH excluding ortho intramolecular Hbond substituents is 1. The molecule has 0 aromatic heterocycles. The maximum absolute atomic E-state index is 11.5. The summed E-state index contributed by atoms with van der Waals surface area (Å²) in [6.07, 6.45) is 1.82. The Kier molecular flexibility index (Phi) is 13.6. The van der Waals surface area contributed by atoms with E-state index >= 15 is 0 Å². The van der Waals surface area contributed by atoms with Crippen LogP contribution in [-0.4, -0.2) is 23.0 Å². The molecule has 0 heterocycles. The topological polar surface area (TPSA) is 160 Å². The van der Waals surface area contributed by atoms with Crippen molar-refractivity contribution in [3.8, 4) is 11.5 Å². The first kappa shape index (κ1) is 27.2. The Labute approximate surface area is 174 Å². The zero-order valence-corrected chi connectivity index (χ0v) is 16.5. The summed E-state index contributed by atoms with van der Waals surface area (Å²) in [5.74, 6) is -1.19. The zero-order chi connectivity index (χ0) is 19.5. The van der Waals surface area contributed by atoms with Crippen LogP contribution in [0.3, 0.4) is 0 Å². The molecule has 0 fully saturated rings. The summed E-state index contributed by atoms with van der Waals surface area (Å²) in [7, 11) is 0. The van der Waals surface area contributed by atoms with Crippen molar-refractivity contribution in [3.63, 3.8) is 0 Å². The molecule has 2 rings (SSSR count). The summed E-state index contributed by atoms with van der Waals surface area (Å²) < 4.78 is 0. The van der Waals surface area contributed by atoms with E-state index < -0.39 is 5.90 Å². The van der Waals surface area contributed by atoms with Gasteiger partial charge in [-0.2, -0.15) is 10.2 Å². The van der Waals surface area contributed by atoms with Crippen molar-refractivity contribution < 1.29 is 49.3 Å². The number of para-hydroxylation sites is 2. The van der Waals surface area contributed by atoms with Gasteiger partial charge in [0, 0.05) is 35.6 Å². The molecule has 149 valence electrons. The molecular weight excluding hydrogens is 403 g/mol. The monoisotopic (exact) mass is 420 g/mol. The fourth-order valence-electron chi connectivity index (χ4n) is 1.73. The second-order valence-electron chi connectivity index (χ2n) is 5.07. The van der Waals surface area contributed by atoms with Crippen molar-refractivity contribution in [3.05, 3.63) is 71.5 Å². The molecule has 28 heavy (non-hydrogen) atoms. The Hall–Kier alpha value is -3.07. The van der Waals surface area contributed by atoms with Gasteiger partial charge in [0.2, 0.25) is 0 Å². The molecule has 0 aliphatic rings. The van der Waals surface area contributed by atoms with Gasteiger partial charge in [-0.3, -0.25) is 4.79 Å². The molecule has 2 aromatic carbocycles. The van der Waals surface area contributed by atoms with Crippen molar-refractivity contribution >= 4 is 17.9 Å². The summed E-state index contributed by atoms with van der Waals surface area (Å²) in [5, 5.41) is 49.3. The second kappa shape index (κ2) is 14.0. The molecule has 2 aromatic rings. The van der Waals surface area contributed by atoms with Gasteiger partial charge in [-0.25, -0.2) is 0 Å². The fraction of sp³-hybridized carbons (Fsp3) is 0.105. The third-order valence-corrected chi connectivity index (χ3v) is 2.89. The molecule has 0 bridgehead atoms. The van der Waals surface area contributed by atoms with Crippen LogP contribution in [0.15, 0.2) is 70.6 Å². The predicted molar refractivity (Wildman–Crippen MR) is 93.5 cm³/mol. The number of nitrogens with zero attached hydrogens (tertiary/aromatic N) is 2. The van der Waals surface area contributed by atoms with Gasteiger partial charge in [-0.1, -0.05) is 61.2 Å². The molecule has 0 atom stereocenters. The molecule has 1 radical (unpaired) electrons. The molecule has 1 N–H and O–H groups in total. The van der Waals surface area contributed by atoms with E-state index in [0.29, 0.717) is 12.0 Å². The van der Waals surface area contributed by atoms with Gasteiger partial charge >= 0.3 is 0 Å². The molecule has 0 unspecified atom stereocenters. The number of benzene rings is 2. The van der Waals surface area contributed by atoms with Crippen LogP contribution in [0.4, 0.5) is 0 Å². The fourth-order valence-corrected chi connectivity index (χ4v) is 1.73. The third kappa shape index (κ3) is 9.58. The van der Waals surface area contributed by atoms with Crippen LogP contribution in [0.2, 0.25) is 0 Å². The summed E-state index contributed by atoms with van der Waals surface area (Å²) in [6.45, 7) is 2.94. The maximum Gasteiger partial charge on any atom is 0.149 e. The third-order valence-electron chi connectivity index (χ3n) is 2.89. The van der Waals surface area contributed by atoms with Gasteiger partial charge in [-0.15, -0.1) is 5.76 Å². The quantitative estimate of drug-likeness (QED) is 0.251. The SMILES string of the molecule is C/C([O-])=C/C(C)=N/N=C(\[O-])c1ccccc1O.O=Cc1ccccc1[O-].[O-2].[V]. The van der Waals surface area contributed by atoms with Crippen molar-refractivity contribution in [2.45, 2.75) is 13.8 Å². The van der Waals surface area contributed by atoms with Gasteiger partial charge in [-0.05, 0) is 13.0 Å². The molecule has 0 saturated carbocycles. The number of aldehydes is 1. The van der Waals surface area contributed by atoms with Crippen LogP contribution in [0, 0.1) is 0 Å². The largest absolute Gasteiger partial charge is 2.00 e. The molecule has 0 saturated heterocycles. The number of carbonyl (C=O) groups excluding carboxylic acids is 1. The zero-order valence-electron chi connectivity index (χ0n) is 15.1. The molecular formula is C19H17N2O6V-5. The molecule has 0 aliphatic carbocycles. The molecule has 0 spiro atoms. The number of aromatic hydroxyl groups is 1. The number of hydrogen-bond donors (Lipinski definition) is 1. The minimum atomic E-state index is -0.653. The smallest absolute Gasteiger partial charge is 0.149 e. The number of hydrogen-bond acceptors (Lipinski definition) is 7. The standard InChI is InChI=1S/C12H14N2O3.C7H6O2.O.V/c1-8(7-9(2)15)13-14-12(17)10-5-3-4-6-11(10)16;8-5-6-3-1-2-4-7(6)9;;/h3-7,15-16H,1-2H3,(H,14,17);1-5,9H;;/q;;-2;/p-3/b9-7-,13-8+;;;. The van der Waals surface area contributed by atoms with Crippen LogP contribution in [0.5, 0.6) is 11.5 Å². The molecule has 9 heteroatoms. The van der Waals surface area contributed by atoms with Gasteiger partial charge in [0.25, 0.3) is 0 Å². The van der Waals surface area contributed by atoms with Gasteiger partial charge in [0.15, 0.2) is 0 Å². The Bertz CT molecular complexity index is 846. The average molecular weight is 420 g/mol. The van der Waals surface area contributed by atoms with Gasteiger partial charge in [0.05, 0.1) is 5.71 Å². The Balaban J connectivity index is 0. The van der Waals surface area contributed by atoms with E-state index in [1.165, 1.54) is 37.3 Å². The first-order valence-electron chi connectivity index (χ1n) is 7.49. The van der Waals surface area contributed by atoms with E-state index in [1.54, 1.807) is 31.2 Å². The Morgan fingerprint density at radius 2 is 1.57 bits per heavy atom. The van der Waals surface area contributed by atoms with E-state index in [0.717, 1.165) is 0 Å². The number of carbonyl (C=O) groups is 1. The van der Waals surface area contributed by atoms with Crippen molar-refractivity contribution in [2.24, 2.45) is 10.2 Å². The van der Waals surface area contributed by atoms with E-state index in [-0.39, 0.29) is 52.4 Å². The maximum atomic E-state index is 11.5. The van der Waals surface area contributed by atoms with Gasteiger partial charge < -0.3 is 25.9 Å². The first-order valence-corrected chi connectivity index (χ1v) is 7.49. The van der Waals surface area contributed by atoms with Crippen LogP contribution in [-0.2, 0) is 24.0 Å². The van der Waals surface area contributed by atoms with Crippen LogP contribution >= 0.6 is 0 Å². The summed E-state index contributed by atoms with van der Waals surface area (Å²) in [5.41, 5.74) is 0.630. The van der Waals surface area contributed by atoms with Gasteiger partial charge in [0.1, 0.15) is 12.0 Å². The van der Waals surface area contributed by atoms with Crippen LogP contribution in [0.25, 0.3) is 0 Å². The Morgan fingerprint density at radius 1 is 1.00 bits per heavy atom. The minimum absolute atomic E-state index is 0. The van der Waals surface area contributed by atoms with E-state index in [9.17, 15) is 25.2 Å².